The molecule has 2 aliphatic rings. The molecule has 0 saturated carbocycles. The molecule has 2 fully saturated rings. The molecule has 1 aromatic rings. The van der Waals surface area contributed by atoms with Crippen LogP contribution in [0.2, 0.25) is 0 Å². The van der Waals surface area contributed by atoms with Crippen LogP contribution in [0.15, 0.2) is 30.3 Å². The molecule has 19 heavy (non-hydrogen) atoms. The molecular weight excluding hydrogens is 238 g/mol. The number of benzene rings is 1. The second-order valence-electron chi connectivity index (χ2n) is 5.34. The van der Waals surface area contributed by atoms with Gasteiger partial charge in [0.1, 0.15) is 6.04 Å². The predicted octanol–water partition coefficient (Wildman–Crippen LogP) is 2.10. The van der Waals surface area contributed by atoms with Crippen LogP contribution in [0, 0.1) is 0 Å². The van der Waals surface area contributed by atoms with E-state index in [4.69, 9.17) is 0 Å². The Kier molecular flexibility index (Phi) is 3.80. The third-order valence-electron chi connectivity index (χ3n) is 4.01. The highest BCUT2D eigenvalue weighted by Crippen LogP contribution is 2.24. The summed E-state index contributed by atoms with van der Waals surface area (Å²) in [7, 11) is 0. The molecule has 2 heterocycles. The van der Waals surface area contributed by atoms with E-state index in [-0.39, 0.29) is 11.9 Å². The van der Waals surface area contributed by atoms with E-state index < -0.39 is 0 Å². The Morgan fingerprint density at radius 3 is 2.53 bits per heavy atom. The van der Waals surface area contributed by atoms with E-state index in [9.17, 15) is 4.79 Å². The molecular formula is C15H21N3O. The van der Waals surface area contributed by atoms with Crippen LogP contribution in [0.4, 0.5) is 5.69 Å². The lowest BCUT2D eigenvalue weighted by Crippen LogP contribution is -2.48. The van der Waals surface area contributed by atoms with E-state index >= 15 is 0 Å². The van der Waals surface area contributed by atoms with E-state index in [1.165, 1.54) is 12.8 Å². The maximum Gasteiger partial charge on any atom is 0.243 e. The molecule has 0 bridgehead atoms. The maximum absolute atomic E-state index is 12.4. The van der Waals surface area contributed by atoms with Gasteiger partial charge in [0, 0.05) is 25.3 Å². The fraction of sp³-hybridized carbons (Fsp3) is 0.533. The average Bonchev–Trinajstić information content (AvgIpc) is 3.10. The fourth-order valence-electron chi connectivity index (χ4n) is 3.06. The highest BCUT2D eigenvalue weighted by atomic mass is 16.2. The van der Waals surface area contributed by atoms with Crippen LogP contribution >= 0.6 is 0 Å². The van der Waals surface area contributed by atoms with Crippen molar-refractivity contribution in [1.82, 2.24) is 10.0 Å². The lowest BCUT2D eigenvalue weighted by atomic mass is 10.2. The molecule has 2 saturated heterocycles. The summed E-state index contributed by atoms with van der Waals surface area (Å²) in [6, 6.07) is 9.74. The standard InChI is InChI=1S/C15H21N3O/c19-15(16-13-7-2-1-3-8-13)14-9-6-12-18(14)17-10-4-5-11-17/h1-3,7-8,14H,4-6,9-12H2,(H,16,19). The second kappa shape index (κ2) is 5.72. The molecule has 3 rings (SSSR count). The molecule has 1 unspecified atom stereocenters. The van der Waals surface area contributed by atoms with Crippen molar-refractivity contribution in [3.05, 3.63) is 30.3 Å². The molecule has 0 radical (unpaired) electrons. The maximum atomic E-state index is 12.4. The molecule has 1 atom stereocenters. The molecule has 1 N–H and O–H groups in total. The number of hydrazine groups is 1. The van der Waals surface area contributed by atoms with Gasteiger partial charge in [-0.25, -0.2) is 10.0 Å². The summed E-state index contributed by atoms with van der Waals surface area (Å²) in [4.78, 5) is 12.4. The van der Waals surface area contributed by atoms with Crippen molar-refractivity contribution in [1.29, 1.82) is 0 Å². The predicted molar refractivity (Wildman–Crippen MR) is 75.6 cm³/mol. The van der Waals surface area contributed by atoms with Crippen molar-refractivity contribution in [2.75, 3.05) is 25.0 Å². The number of nitrogens with zero attached hydrogens (tertiary/aromatic N) is 2. The number of hydrogen-bond acceptors (Lipinski definition) is 3. The number of carbonyl (C=O) groups excluding carboxylic acids is 1. The first kappa shape index (κ1) is 12.6. The summed E-state index contributed by atoms with van der Waals surface area (Å²) in [5, 5.41) is 7.68. The summed E-state index contributed by atoms with van der Waals surface area (Å²) < 4.78 is 0. The third-order valence-corrected chi connectivity index (χ3v) is 4.01. The first-order valence-corrected chi connectivity index (χ1v) is 7.22. The van der Waals surface area contributed by atoms with Crippen molar-refractivity contribution in [2.45, 2.75) is 31.7 Å². The Hall–Kier alpha value is -1.39. The minimum atomic E-state index is 0.0123. The van der Waals surface area contributed by atoms with Gasteiger partial charge in [0.25, 0.3) is 0 Å². The van der Waals surface area contributed by atoms with Crippen molar-refractivity contribution in [3.8, 4) is 0 Å². The number of rotatable bonds is 3. The minimum Gasteiger partial charge on any atom is -0.325 e. The van der Waals surface area contributed by atoms with Gasteiger partial charge in [-0.2, -0.15) is 0 Å². The number of anilines is 1. The summed E-state index contributed by atoms with van der Waals surface area (Å²) in [5.41, 5.74) is 0.890. The Morgan fingerprint density at radius 2 is 1.79 bits per heavy atom. The van der Waals surface area contributed by atoms with Crippen LogP contribution in [-0.2, 0) is 4.79 Å². The Labute approximate surface area is 114 Å². The van der Waals surface area contributed by atoms with Crippen LogP contribution in [0.25, 0.3) is 0 Å². The normalized spacial score (nSPS) is 24.7. The number of carbonyl (C=O) groups is 1. The summed E-state index contributed by atoms with van der Waals surface area (Å²) in [6.45, 7) is 3.23. The minimum absolute atomic E-state index is 0.0123. The molecule has 0 aliphatic carbocycles. The van der Waals surface area contributed by atoms with Crippen LogP contribution in [0.1, 0.15) is 25.7 Å². The van der Waals surface area contributed by atoms with Crippen molar-refractivity contribution in [2.24, 2.45) is 0 Å². The SMILES string of the molecule is O=C(Nc1ccccc1)C1CCCN1N1CCCC1. The summed E-state index contributed by atoms with van der Waals surface area (Å²) in [6.07, 6.45) is 4.59. The van der Waals surface area contributed by atoms with Gasteiger partial charge in [-0.1, -0.05) is 18.2 Å². The van der Waals surface area contributed by atoms with Gasteiger partial charge in [0.15, 0.2) is 0 Å². The smallest absolute Gasteiger partial charge is 0.243 e. The van der Waals surface area contributed by atoms with Crippen molar-refractivity contribution in [3.63, 3.8) is 0 Å². The molecule has 1 aromatic carbocycles. The zero-order valence-corrected chi connectivity index (χ0v) is 11.2. The van der Waals surface area contributed by atoms with Crippen molar-refractivity contribution >= 4 is 11.6 Å². The van der Waals surface area contributed by atoms with Crippen LogP contribution in [-0.4, -0.2) is 41.6 Å². The molecule has 4 nitrogen and oxygen atoms in total. The van der Waals surface area contributed by atoms with E-state index in [0.717, 1.165) is 38.2 Å². The van der Waals surface area contributed by atoms with Gasteiger partial charge in [0.05, 0.1) is 0 Å². The lowest BCUT2D eigenvalue weighted by Gasteiger charge is -2.32. The van der Waals surface area contributed by atoms with E-state index in [1.807, 2.05) is 30.3 Å². The molecule has 0 spiro atoms. The average molecular weight is 259 g/mol. The summed E-state index contributed by atoms with van der Waals surface area (Å²) in [5.74, 6) is 0.135. The van der Waals surface area contributed by atoms with E-state index in [1.54, 1.807) is 0 Å². The molecule has 2 aliphatic heterocycles. The first-order valence-electron chi connectivity index (χ1n) is 7.22. The van der Waals surface area contributed by atoms with E-state index in [2.05, 4.69) is 15.3 Å². The second-order valence-corrected chi connectivity index (χ2v) is 5.34. The topological polar surface area (TPSA) is 35.6 Å². The van der Waals surface area contributed by atoms with Crippen LogP contribution in [0.5, 0.6) is 0 Å². The molecule has 102 valence electrons. The first-order chi connectivity index (χ1) is 9.34. The monoisotopic (exact) mass is 259 g/mol. The van der Waals surface area contributed by atoms with Crippen LogP contribution < -0.4 is 5.32 Å². The zero-order valence-electron chi connectivity index (χ0n) is 11.2. The molecule has 4 heteroatoms. The molecule has 1 amide bonds. The van der Waals surface area contributed by atoms with Crippen molar-refractivity contribution < 1.29 is 4.79 Å². The largest absolute Gasteiger partial charge is 0.325 e. The van der Waals surface area contributed by atoms with E-state index in [0.29, 0.717) is 0 Å². The number of hydrogen-bond donors (Lipinski definition) is 1. The number of amides is 1. The zero-order chi connectivity index (χ0) is 13.1. The summed E-state index contributed by atoms with van der Waals surface area (Å²) >= 11 is 0. The molecule has 0 aromatic heterocycles. The Morgan fingerprint density at radius 1 is 1.05 bits per heavy atom. The highest BCUT2D eigenvalue weighted by molar-refractivity contribution is 5.94. The van der Waals surface area contributed by atoms with Gasteiger partial charge in [-0.15, -0.1) is 0 Å². The lowest BCUT2D eigenvalue weighted by molar-refractivity contribution is -0.126. The highest BCUT2D eigenvalue weighted by Gasteiger charge is 2.35. The Balaban J connectivity index is 1.65. The third kappa shape index (κ3) is 2.80. The van der Waals surface area contributed by atoms with Crippen LogP contribution in [0.3, 0.4) is 0 Å². The quantitative estimate of drug-likeness (QED) is 0.903. The van der Waals surface area contributed by atoms with Gasteiger partial charge in [-0.05, 0) is 37.8 Å². The number of para-hydroxylation sites is 1. The number of nitrogens with one attached hydrogen (secondary N) is 1. The Bertz CT molecular complexity index is 428. The van der Waals surface area contributed by atoms with Gasteiger partial charge in [-0.3, -0.25) is 4.79 Å². The fourth-order valence-corrected chi connectivity index (χ4v) is 3.06. The van der Waals surface area contributed by atoms with Gasteiger partial charge in [0.2, 0.25) is 5.91 Å². The van der Waals surface area contributed by atoms with Gasteiger partial charge < -0.3 is 5.32 Å². The van der Waals surface area contributed by atoms with Gasteiger partial charge >= 0.3 is 0 Å².